The quantitative estimate of drug-likeness (QED) is 0.222. The molecule has 1 N–H and O–H groups in total. The molecular formula is C27H31NO10. The number of nitro groups is 1. The van der Waals surface area contributed by atoms with Gasteiger partial charge in [0.25, 0.3) is 5.69 Å². The van der Waals surface area contributed by atoms with Crippen LogP contribution in [0.5, 0.6) is 5.75 Å². The molecule has 2 aromatic carbocycles. The second kappa shape index (κ2) is 12.5. The molecule has 0 unspecified atom stereocenters. The predicted molar refractivity (Wildman–Crippen MR) is 133 cm³/mol. The lowest BCUT2D eigenvalue weighted by molar-refractivity contribution is -0.384. The fourth-order valence-corrected chi connectivity index (χ4v) is 4.19. The average molecular weight is 530 g/mol. The van der Waals surface area contributed by atoms with Crippen LogP contribution in [0.3, 0.4) is 0 Å². The highest BCUT2D eigenvalue weighted by Gasteiger charge is 2.42. The van der Waals surface area contributed by atoms with Crippen LogP contribution in [0.15, 0.2) is 60.7 Å². The van der Waals surface area contributed by atoms with Crippen LogP contribution in [0.25, 0.3) is 0 Å². The molecule has 0 spiro atoms. The van der Waals surface area contributed by atoms with Crippen LogP contribution in [-0.4, -0.2) is 66.2 Å². The number of non-ortho nitro benzene ring substituents is 1. The summed E-state index contributed by atoms with van der Waals surface area (Å²) < 4.78 is 34.9. The van der Waals surface area contributed by atoms with Crippen LogP contribution >= 0.6 is 0 Å². The van der Waals surface area contributed by atoms with E-state index in [1.54, 1.807) is 33.1 Å². The van der Waals surface area contributed by atoms with Crippen molar-refractivity contribution in [3.8, 4) is 5.75 Å². The van der Waals surface area contributed by atoms with Gasteiger partial charge in [-0.1, -0.05) is 18.2 Å². The second-order valence-corrected chi connectivity index (χ2v) is 9.10. The number of nitro benzene ring substituents is 1. The number of hydrogen-bond donors (Lipinski definition) is 1. The number of carbonyl (C=O) groups excluding carboxylic acids is 1. The first kappa shape index (κ1) is 27.7. The van der Waals surface area contributed by atoms with E-state index in [0.29, 0.717) is 0 Å². The lowest BCUT2D eigenvalue weighted by Gasteiger charge is -2.41. The molecule has 11 nitrogen and oxygen atoms in total. The predicted octanol–water partition coefficient (Wildman–Crippen LogP) is 3.53. The third-order valence-corrected chi connectivity index (χ3v) is 6.37. The number of aliphatic hydroxyl groups excluding tert-OH is 1. The maximum atomic E-state index is 13.0. The Bertz CT molecular complexity index is 1120. The van der Waals surface area contributed by atoms with Crippen molar-refractivity contribution in [2.24, 2.45) is 0 Å². The third-order valence-electron chi connectivity index (χ3n) is 6.37. The molecule has 204 valence electrons. The number of hydrogen-bond acceptors (Lipinski definition) is 10. The zero-order chi connectivity index (χ0) is 27.2. The van der Waals surface area contributed by atoms with Gasteiger partial charge in [-0.3, -0.25) is 10.1 Å². The van der Waals surface area contributed by atoms with Gasteiger partial charge in [0.05, 0.1) is 42.5 Å². The number of esters is 1. The van der Waals surface area contributed by atoms with E-state index < -0.39 is 54.0 Å². The Balaban J connectivity index is 1.47. The minimum atomic E-state index is -0.776. The van der Waals surface area contributed by atoms with Crippen LogP contribution in [0.1, 0.15) is 36.2 Å². The molecule has 0 aliphatic carbocycles. The summed E-state index contributed by atoms with van der Waals surface area (Å²) in [5.41, 5.74) is 0.940. The Morgan fingerprint density at radius 2 is 1.76 bits per heavy atom. The van der Waals surface area contributed by atoms with Crippen LogP contribution in [0.4, 0.5) is 5.69 Å². The second-order valence-electron chi connectivity index (χ2n) is 9.10. The monoisotopic (exact) mass is 529 g/mol. The zero-order valence-corrected chi connectivity index (χ0v) is 21.3. The Kier molecular flexibility index (Phi) is 9.08. The molecule has 4 rings (SSSR count). The van der Waals surface area contributed by atoms with Gasteiger partial charge in [0.15, 0.2) is 12.6 Å². The Labute approximate surface area is 220 Å². The first-order valence-corrected chi connectivity index (χ1v) is 12.3. The fourth-order valence-electron chi connectivity index (χ4n) is 4.19. The molecule has 0 radical (unpaired) electrons. The van der Waals surface area contributed by atoms with Crippen molar-refractivity contribution in [2.75, 3.05) is 7.11 Å². The maximum Gasteiger partial charge on any atom is 0.338 e. The number of benzene rings is 2. The molecule has 2 aliphatic rings. The van der Waals surface area contributed by atoms with Gasteiger partial charge in [0, 0.05) is 18.6 Å². The Hall–Kier alpha value is -3.35. The van der Waals surface area contributed by atoms with Crippen molar-refractivity contribution in [1.29, 1.82) is 0 Å². The minimum absolute atomic E-state index is 0.132. The lowest BCUT2D eigenvalue weighted by Crippen LogP contribution is -2.52. The average Bonchev–Trinajstić information content (AvgIpc) is 2.91. The molecule has 2 aliphatic heterocycles. The highest BCUT2D eigenvalue weighted by atomic mass is 16.7. The van der Waals surface area contributed by atoms with Gasteiger partial charge in [-0.15, -0.1) is 0 Å². The van der Waals surface area contributed by atoms with Gasteiger partial charge >= 0.3 is 5.97 Å². The van der Waals surface area contributed by atoms with Gasteiger partial charge in [-0.25, -0.2) is 4.79 Å². The summed E-state index contributed by atoms with van der Waals surface area (Å²) in [5.74, 6) is 0.0701. The lowest BCUT2D eigenvalue weighted by atomic mass is 10.0. The summed E-state index contributed by atoms with van der Waals surface area (Å²) in [6.45, 7) is 3.77. The number of rotatable bonds is 9. The van der Waals surface area contributed by atoms with Crippen molar-refractivity contribution in [3.63, 3.8) is 0 Å². The molecular weight excluding hydrogens is 498 g/mol. The van der Waals surface area contributed by atoms with Crippen molar-refractivity contribution in [1.82, 2.24) is 0 Å². The van der Waals surface area contributed by atoms with E-state index >= 15 is 0 Å². The Morgan fingerprint density at radius 1 is 1.05 bits per heavy atom. The standard InChI is InChI=1S/C27H31NO10/c1-16-22(29)12-13-24(35-16)38-26-17(2)36-25(34-15-18-4-10-21(33-3)11-5-18)14-23(26)37-27(30)19-6-8-20(9-7-19)28(31)32/h4-13,16-17,22-26,29H,14-15H2,1-3H3/t16-,17+,22+,23+,24-,25+,26+/m0/s1. The van der Waals surface area contributed by atoms with Crippen LogP contribution in [0, 0.1) is 10.1 Å². The van der Waals surface area contributed by atoms with Gasteiger partial charge < -0.3 is 33.5 Å². The summed E-state index contributed by atoms with van der Waals surface area (Å²) in [6.07, 6.45) is -1.36. The number of nitrogens with zero attached hydrogens (tertiary/aromatic N) is 1. The zero-order valence-electron chi connectivity index (χ0n) is 21.3. The van der Waals surface area contributed by atoms with Crippen molar-refractivity contribution < 1.29 is 43.2 Å². The SMILES string of the molecule is COc1ccc(CO[C@H]2C[C@@H](OC(=O)c3ccc([N+](=O)[O-])cc3)[C@H](O[C@H]3C=C[C@@H](O)[C@H](C)O3)[C@@H](C)O2)cc1. The van der Waals surface area contributed by atoms with E-state index in [1.165, 1.54) is 24.3 Å². The molecule has 1 saturated heterocycles. The van der Waals surface area contributed by atoms with Crippen molar-refractivity contribution in [3.05, 3.63) is 81.9 Å². The molecule has 0 amide bonds. The van der Waals surface area contributed by atoms with Crippen molar-refractivity contribution in [2.45, 2.75) is 70.0 Å². The molecule has 1 fully saturated rings. The number of ether oxygens (including phenoxy) is 6. The first-order valence-electron chi connectivity index (χ1n) is 12.3. The van der Waals surface area contributed by atoms with Crippen molar-refractivity contribution >= 4 is 11.7 Å². The van der Waals surface area contributed by atoms with E-state index in [9.17, 15) is 20.0 Å². The Morgan fingerprint density at radius 3 is 2.39 bits per heavy atom. The van der Waals surface area contributed by atoms with E-state index in [0.717, 1.165) is 11.3 Å². The molecule has 38 heavy (non-hydrogen) atoms. The van der Waals surface area contributed by atoms with E-state index in [-0.39, 0.29) is 24.3 Å². The summed E-state index contributed by atoms with van der Waals surface area (Å²) in [5, 5.41) is 20.8. The normalized spacial score (nSPS) is 29.0. The number of methoxy groups -OCH3 is 1. The molecule has 0 bridgehead atoms. The summed E-state index contributed by atoms with van der Waals surface area (Å²) in [7, 11) is 1.59. The van der Waals surface area contributed by atoms with E-state index in [2.05, 4.69) is 0 Å². The largest absolute Gasteiger partial charge is 0.497 e. The van der Waals surface area contributed by atoms with E-state index in [4.69, 9.17) is 28.4 Å². The number of carbonyl (C=O) groups is 1. The van der Waals surface area contributed by atoms with Crippen LogP contribution < -0.4 is 4.74 Å². The van der Waals surface area contributed by atoms with Gasteiger partial charge in [0.1, 0.15) is 18.0 Å². The third kappa shape index (κ3) is 6.94. The smallest absolute Gasteiger partial charge is 0.338 e. The highest BCUT2D eigenvalue weighted by Crippen LogP contribution is 2.30. The van der Waals surface area contributed by atoms with Gasteiger partial charge in [0.2, 0.25) is 0 Å². The molecule has 2 heterocycles. The van der Waals surface area contributed by atoms with Gasteiger partial charge in [-0.2, -0.15) is 0 Å². The molecule has 7 atom stereocenters. The molecule has 0 aromatic heterocycles. The van der Waals surface area contributed by atoms with Gasteiger partial charge in [-0.05, 0) is 49.8 Å². The van der Waals surface area contributed by atoms with E-state index in [1.807, 2.05) is 24.3 Å². The fraction of sp³-hybridized carbons (Fsp3) is 0.444. The summed E-state index contributed by atoms with van der Waals surface area (Å²) in [4.78, 5) is 23.4. The molecule has 11 heteroatoms. The summed E-state index contributed by atoms with van der Waals surface area (Å²) >= 11 is 0. The van der Waals surface area contributed by atoms with Crippen LogP contribution in [0.2, 0.25) is 0 Å². The summed E-state index contributed by atoms with van der Waals surface area (Å²) in [6, 6.07) is 12.6. The maximum absolute atomic E-state index is 13.0. The molecule has 2 aromatic rings. The highest BCUT2D eigenvalue weighted by molar-refractivity contribution is 5.89. The topological polar surface area (TPSA) is 136 Å². The molecule has 0 saturated carbocycles. The minimum Gasteiger partial charge on any atom is -0.497 e. The first-order chi connectivity index (χ1) is 18.2. The van der Waals surface area contributed by atoms with Crippen LogP contribution in [-0.2, 0) is 30.3 Å². The number of aliphatic hydroxyl groups is 1.